The third-order valence-electron chi connectivity index (χ3n) is 8.15. The van der Waals surface area contributed by atoms with Gasteiger partial charge < -0.3 is 16.0 Å². The van der Waals surface area contributed by atoms with Crippen LogP contribution in [0.2, 0.25) is 0 Å². The molecule has 6 rings (SSSR count). The van der Waals surface area contributed by atoms with Gasteiger partial charge in [0.05, 0.1) is 17.0 Å². The van der Waals surface area contributed by atoms with E-state index in [1.165, 1.54) is 31.3 Å². The van der Waals surface area contributed by atoms with Gasteiger partial charge in [0.2, 0.25) is 5.91 Å². The number of rotatable bonds is 8. The summed E-state index contributed by atoms with van der Waals surface area (Å²) in [5, 5.41) is 7.83. The van der Waals surface area contributed by atoms with Crippen LogP contribution < -0.4 is 11.1 Å². The van der Waals surface area contributed by atoms with Gasteiger partial charge in [-0.05, 0) is 57.0 Å². The number of benzene rings is 1. The fourth-order valence-electron chi connectivity index (χ4n) is 5.54. The SMILES string of the molecule is CN(CC=CC(=O)N1CCC[C@@H](n2nc(-c3ccc(C(=O)Nc4cc(C(F)(F)F)ccn4)cc3)c3c(N)ncnc32)C1)C1CC1. The number of nitrogens with zero attached hydrogens (tertiary/aromatic N) is 7. The number of hydrogen-bond donors (Lipinski definition) is 2. The van der Waals surface area contributed by atoms with Crippen molar-refractivity contribution in [1.29, 1.82) is 0 Å². The molecule has 1 saturated heterocycles. The van der Waals surface area contributed by atoms with Crippen LogP contribution in [0.1, 0.15) is 47.6 Å². The average Bonchev–Trinajstić information content (AvgIpc) is 3.81. The van der Waals surface area contributed by atoms with Crippen LogP contribution in [0.15, 0.2) is 61.1 Å². The summed E-state index contributed by atoms with van der Waals surface area (Å²) in [6, 6.07) is 8.52. The maximum absolute atomic E-state index is 13.1. The predicted molar refractivity (Wildman–Crippen MR) is 162 cm³/mol. The second kappa shape index (κ2) is 12.3. The molecule has 45 heavy (non-hydrogen) atoms. The van der Waals surface area contributed by atoms with Gasteiger partial charge in [0.25, 0.3) is 5.91 Å². The fourth-order valence-corrected chi connectivity index (χ4v) is 5.54. The van der Waals surface area contributed by atoms with Crippen LogP contribution in [0.4, 0.5) is 24.8 Å². The van der Waals surface area contributed by atoms with E-state index in [-0.39, 0.29) is 29.1 Å². The number of fused-ring (bicyclic) bond motifs is 1. The van der Waals surface area contributed by atoms with E-state index in [1.54, 1.807) is 22.9 Å². The van der Waals surface area contributed by atoms with E-state index in [0.29, 0.717) is 41.4 Å². The van der Waals surface area contributed by atoms with Crippen LogP contribution in [0.25, 0.3) is 22.3 Å². The second-order valence-electron chi connectivity index (χ2n) is 11.4. The molecule has 2 aliphatic rings. The van der Waals surface area contributed by atoms with E-state index >= 15 is 0 Å². The Kier molecular flexibility index (Phi) is 8.23. The molecule has 3 N–H and O–H groups in total. The fraction of sp³-hybridized carbons (Fsp3) is 0.355. The standard InChI is InChI=1S/C31H32F3N9O2/c1-41(22-10-11-22)14-3-5-25(44)42-15-2-4-23(17-42)43-29-26(28(35)37-18-38-29)27(40-43)19-6-8-20(9-7-19)30(45)39-24-16-21(12-13-36-24)31(32,33)34/h3,5-9,12-13,16,18,22-23H,2,4,10-11,14-15,17H2,1H3,(H2,35,37,38)(H,36,39,45)/t23-/m1/s1. The highest BCUT2D eigenvalue weighted by molar-refractivity contribution is 6.04. The molecule has 0 unspecified atom stereocenters. The number of pyridine rings is 1. The number of amides is 2. The van der Waals surface area contributed by atoms with Gasteiger partial charge in [-0.1, -0.05) is 18.2 Å². The van der Waals surface area contributed by atoms with Crippen molar-refractivity contribution in [2.45, 2.75) is 43.9 Å². The molecule has 2 amide bonds. The Labute approximate surface area is 256 Å². The minimum atomic E-state index is -4.56. The number of aromatic nitrogens is 5. The number of carbonyl (C=O) groups excluding carboxylic acids is 2. The maximum atomic E-state index is 13.1. The van der Waals surface area contributed by atoms with E-state index < -0.39 is 17.6 Å². The highest BCUT2D eigenvalue weighted by Crippen LogP contribution is 2.34. The number of likely N-dealkylation sites (tertiary alicyclic amines) is 1. The molecule has 1 atom stereocenters. The minimum absolute atomic E-state index is 0.0380. The summed E-state index contributed by atoms with van der Waals surface area (Å²) in [6.45, 7) is 1.85. The number of carbonyl (C=O) groups is 2. The van der Waals surface area contributed by atoms with Crippen molar-refractivity contribution in [1.82, 2.24) is 34.5 Å². The molecule has 1 saturated carbocycles. The highest BCUT2D eigenvalue weighted by atomic mass is 19.4. The van der Waals surface area contributed by atoms with Crippen molar-refractivity contribution in [3.8, 4) is 11.3 Å². The average molecular weight is 620 g/mol. The Morgan fingerprint density at radius 3 is 2.62 bits per heavy atom. The topological polar surface area (TPSA) is 135 Å². The van der Waals surface area contributed by atoms with Crippen LogP contribution >= 0.6 is 0 Å². The molecule has 3 aromatic heterocycles. The molecule has 4 aromatic rings. The summed E-state index contributed by atoms with van der Waals surface area (Å²) in [4.78, 5) is 42.3. The number of hydrogen-bond acceptors (Lipinski definition) is 8. The number of nitrogens with two attached hydrogens (primary N) is 1. The molecule has 0 radical (unpaired) electrons. The van der Waals surface area contributed by atoms with Crippen LogP contribution in [0.3, 0.4) is 0 Å². The number of nitrogens with one attached hydrogen (secondary N) is 1. The number of alkyl halides is 3. The van der Waals surface area contributed by atoms with Gasteiger partial charge in [-0.3, -0.25) is 14.5 Å². The number of piperidine rings is 1. The van der Waals surface area contributed by atoms with Crippen molar-refractivity contribution in [3.63, 3.8) is 0 Å². The highest BCUT2D eigenvalue weighted by Gasteiger charge is 2.31. The summed E-state index contributed by atoms with van der Waals surface area (Å²) < 4.78 is 41.0. The number of halogens is 3. The molecule has 2 fully saturated rings. The molecule has 0 bridgehead atoms. The second-order valence-corrected chi connectivity index (χ2v) is 11.4. The lowest BCUT2D eigenvalue weighted by molar-refractivity contribution is -0.137. The van der Waals surface area contributed by atoms with Gasteiger partial charge >= 0.3 is 6.18 Å². The molecule has 1 aromatic carbocycles. The molecule has 11 nitrogen and oxygen atoms in total. The quantitative estimate of drug-likeness (QED) is 0.274. The molecule has 0 spiro atoms. The Hall–Kier alpha value is -4.85. The van der Waals surface area contributed by atoms with Crippen LogP contribution in [-0.2, 0) is 11.0 Å². The van der Waals surface area contributed by atoms with E-state index in [0.717, 1.165) is 37.7 Å². The number of likely N-dealkylation sites (N-methyl/N-ethyl adjacent to an activating group) is 1. The third-order valence-corrected chi connectivity index (χ3v) is 8.15. The molecular weight excluding hydrogens is 587 g/mol. The Bertz CT molecular complexity index is 1750. The zero-order chi connectivity index (χ0) is 31.7. The lowest BCUT2D eigenvalue weighted by atomic mass is 10.1. The van der Waals surface area contributed by atoms with Crippen LogP contribution in [0.5, 0.6) is 0 Å². The Morgan fingerprint density at radius 2 is 1.89 bits per heavy atom. The lowest BCUT2D eigenvalue weighted by Gasteiger charge is -2.32. The molecule has 1 aliphatic carbocycles. The molecular formula is C31H32F3N9O2. The first-order valence-electron chi connectivity index (χ1n) is 14.7. The van der Waals surface area contributed by atoms with E-state index in [4.69, 9.17) is 10.8 Å². The molecule has 1 aliphatic heterocycles. The summed E-state index contributed by atoms with van der Waals surface area (Å²) in [7, 11) is 2.07. The number of anilines is 2. The molecule has 4 heterocycles. The van der Waals surface area contributed by atoms with Crippen molar-refractivity contribution >= 4 is 34.5 Å². The van der Waals surface area contributed by atoms with E-state index in [2.05, 4.69) is 32.2 Å². The smallest absolute Gasteiger partial charge is 0.383 e. The van der Waals surface area contributed by atoms with Crippen LogP contribution in [-0.4, -0.2) is 79.1 Å². The normalized spacial score (nSPS) is 17.4. The number of nitrogen functional groups attached to an aromatic ring is 1. The van der Waals surface area contributed by atoms with Gasteiger partial charge in [-0.2, -0.15) is 18.3 Å². The minimum Gasteiger partial charge on any atom is -0.383 e. The first-order chi connectivity index (χ1) is 21.6. The van der Waals surface area contributed by atoms with Crippen molar-refractivity contribution in [2.75, 3.05) is 37.7 Å². The van der Waals surface area contributed by atoms with E-state index in [9.17, 15) is 22.8 Å². The zero-order valence-corrected chi connectivity index (χ0v) is 24.5. The predicted octanol–water partition coefficient (Wildman–Crippen LogP) is 4.56. The largest absolute Gasteiger partial charge is 0.416 e. The van der Waals surface area contributed by atoms with Gasteiger partial charge in [0.15, 0.2) is 5.65 Å². The Morgan fingerprint density at radius 1 is 1.11 bits per heavy atom. The van der Waals surface area contributed by atoms with Crippen molar-refractivity contribution < 1.29 is 22.8 Å². The summed E-state index contributed by atoms with van der Waals surface area (Å²) >= 11 is 0. The zero-order valence-electron chi connectivity index (χ0n) is 24.5. The van der Waals surface area contributed by atoms with Crippen molar-refractivity contribution in [3.05, 3.63) is 72.2 Å². The maximum Gasteiger partial charge on any atom is 0.416 e. The summed E-state index contributed by atoms with van der Waals surface area (Å²) in [5.41, 5.74) is 7.28. The monoisotopic (exact) mass is 619 g/mol. The Balaban J connectivity index is 1.20. The van der Waals surface area contributed by atoms with Gasteiger partial charge in [0.1, 0.15) is 23.7 Å². The molecule has 14 heteroatoms. The summed E-state index contributed by atoms with van der Waals surface area (Å²) in [5.74, 6) is -0.629. The van der Waals surface area contributed by atoms with Crippen LogP contribution in [0, 0.1) is 0 Å². The first kappa shape index (κ1) is 30.2. The van der Waals surface area contributed by atoms with Gasteiger partial charge in [0, 0.05) is 49.1 Å². The first-order valence-corrected chi connectivity index (χ1v) is 14.7. The van der Waals surface area contributed by atoms with Gasteiger partial charge in [-0.15, -0.1) is 0 Å². The summed E-state index contributed by atoms with van der Waals surface area (Å²) in [6.07, 6.45) is 5.38. The molecule has 234 valence electrons. The lowest BCUT2D eigenvalue weighted by Crippen LogP contribution is -2.40. The third kappa shape index (κ3) is 6.65. The van der Waals surface area contributed by atoms with E-state index in [1.807, 2.05) is 11.0 Å². The van der Waals surface area contributed by atoms with Gasteiger partial charge in [-0.25, -0.2) is 19.6 Å². The van der Waals surface area contributed by atoms with Crippen molar-refractivity contribution in [2.24, 2.45) is 0 Å².